The fourth-order valence-electron chi connectivity index (χ4n) is 1.42. The van der Waals surface area contributed by atoms with Crippen molar-refractivity contribution in [2.24, 2.45) is 0 Å². The second kappa shape index (κ2) is 2.81. The molecule has 2 heterocycles. The van der Waals surface area contributed by atoms with Crippen molar-refractivity contribution in [2.45, 2.75) is 12.1 Å². The zero-order valence-electron chi connectivity index (χ0n) is 7.93. The Bertz CT molecular complexity index is 584. The molecule has 0 atom stereocenters. The second-order valence-electron chi connectivity index (χ2n) is 3.21. The number of aryl methyl sites for hydroxylation is 1. The number of hydrogen-bond donors (Lipinski definition) is 0. The summed E-state index contributed by atoms with van der Waals surface area (Å²) >= 11 is 0. The van der Waals surface area contributed by atoms with Crippen LogP contribution in [0.15, 0.2) is 29.6 Å². The third kappa shape index (κ3) is 1.29. The quantitative estimate of drug-likeness (QED) is 0.706. The average Bonchev–Trinajstić information content (AvgIpc) is 2.44. The van der Waals surface area contributed by atoms with Crippen LogP contribution in [0.2, 0.25) is 0 Å². The van der Waals surface area contributed by atoms with Gasteiger partial charge in [-0.3, -0.25) is 4.40 Å². The van der Waals surface area contributed by atoms with Gasteiger partial charge >= 0.3 is 0 Å². The molecular weight excluding hydrogens is 200 g/mol. The Morgan fingerprint density at radius 1 is 1.36 bits per heavy atom. The largest absolute Gasteiger partial charge is 0.290 e. The molecule has 0 saturated heterocycles. The molecule has 0 spiro atoms. The Kier molecular flexibility index (Phi) is 1.85. The third-order valence-electron chi connectivity index (χ3n) is 2.03. The molecule has 0 unspecified atom stereocenters. The molecule has 0 amide bonds. The van der Waals surface area contributed by atoms with E-state index in [0.29, 0.717) is 0 Å². The van der Waals surface area contributed by atoms with Crippen LogP contribution in [0.1, 0.15) is 5.69 Å². The highest BCUT2D eigenvalue weighted by Gasteiger charge is 2.16. The van der Waals surface area contributed by atoms with Crippen molar-refractivity contribution in [1.29, 1.82) is 0 Å². The molecular formula is C9H10N2O2S. The third-order valence-corrected chi connectivity index (χ3v) is 2.98. The van der Waals surface area contributed by atoms with Crippen molar-refractivity contribution >= 4 is 15.4 Å². The molecule has 0 aliphatic rings. The molecule has 0 aliphatic carbocycles. The Hall–Kier alpha value is -1.36. The summed E-state index contributed by atoms with van der Waals surface area (Å²) in [5.74, 6) is 0. The molecule has 0 aromatic carbocycles. The lowest BCUT2D eigenvalue weighted by Crippen LogP contribution is -2.03. The van der Waals surface area contributed by atoms with E-state index in [2.05, 4.69) is 4.98 Å². The van der Waals surface area contributed by atoms with Crippen LogP contribution < -0.4 is 0 Å². The van der Waals surface area contributed by atoms with Gasteiger partial charge in [0.2, 0.25) is 15.0 Å². The van der Waals surface area contributed by atoms with Crippen LogP contribution in [-0.2, 0) is 9.84 Å². The molecule has 14 heavy (non-hydrogen) atoms. The molecule has 2 aromatic rings. The molecule has 0 radical (unpaired) electrons. The lowest BCUT2D eigenvalue weighted by Gasteiger charge is -1.96. The van der Waals surface area contributed by atoms with E-state index >= 15 is 0 Å². The normalized spacial score (nSPS) is 12.1. The van der Waals surface area contributed by atoms with E-state index in [0.717, 1.165) is 17.5 Å². The van der Waals surface area contributed by atoms with Gasteiger partial charge in [-0.15, -0.1) is 0 Å². The zero-order valence-corrected chi connectivity index (χ0v) is 8.75. The molecule has 0 bridgehead atoms. The van der Waals surface area contributed by atoms with Crippen LogP contribution in [0.3, 0.4) is 0 Å². The van der Waals surface area contributed by atoms with Crippen molar-refractivity contribution in [3.63, 3.8) is 0 Å². The zero-order chi connectivity index (χ0) is 10.3. The number of nitrogens with zero attached hydrogens (tertiary/aromatic N) is 2. The number of aromatic nitrogens is 2. The van der Waals surface area contributed by atoms with Gasteiger partial charge in [0.25, 0.3) is 0 Å². The first-order chi connectivity index (χ1) is 6.50. The number of sulfone groups is 1. The Morgan fingerprint density at radius 2 is 2.07 bits per heavy atom. The topological polar surface area (TPSA) is 51.4 Å². The summed E-state index contributed by atoms with van der Waals surface area (Å²) in [5, 5.41) is 0.102. The van der Waals surface area contributed by atoms with Crippen LogP contribution >= 0.6 is 0 Å². The average molecular weight is 210 g/mol. The summed E-state index contributed by atoms with van der Waals surface area (Å²) in [4.78, 5) is 4.04. The van der Waals surface area contributed by atoms with Gasteiger partial charge in [-0.05, 0) is 19.1 Å². The minimum atomic E-state index is -3.26. The molecule has 0 N–H and O–H groups in total. The summed E-state index contributed by atoms with van der Waals surface area (Å²) < 4.78 is 24.3. The molecule has 0 aliphatic heterocycles. The SMILES string of the molecule is Cc1nc(S(C)(=O)=O)n2ccccc12. The van der Waals surface area contributed by atoms with Crippen LogP contribution in [0.4, 0.5) is 0 Å². The monoisotopic (exact) mass is 210 g/mol. The van der Waals surface area contributed by atoms with Gasteiger partial charge in [0.15, 0.2) is 0 Å². The Labute approximate surface area is 82.1 Å². The van der Waals surface area contributed by atoms with Crippen molar-refractivity contribution in [2.75, 3.05) is 6.26 Å². The van der Waals surface area contributed by atoms with E-state index in [4.69, 9.17) is 0 Å². The van der Waals surface area contributed by atoms with Crippen molar-refractivity contribution in [3.8, 4) is 0 Å². The van der Waals surface area contributed by atoms with Gasteiger partial charge in [-0.2, -0.15) is 0 Å². The Morgan fingerprint density at radius 3 is 2.71 bits per heavy atom. The maximum atomic E-state index is 11.4. The fourth-order valence-corrected chi connectivity index (χ4v) is 2.24. The number of rotatable bonds is 1. The van der Waals surface area contributed by atoms with Gasteiger partial charge in [-0.25, -0.2) is 13.4 Å². The summed E-state index contributed by atoms with van der Waals surface area (Å²) in [6.07, 6.45) is 2.86. The fraction of sp³-hybridized carbons (Fsp3) is 0.222. The lowest BCUT2D eigenvalue weighted by atomic mass is 10.3. The number of imidazole rings is 1. The second-order valence-corrected chi connectivity index (χ2v) is 5.12. The maximum absolute atomic E-state index is 11.4. The number of pyridine rings is 1. The first kappa shape index (κ1) is 9.21. The van der Waals surface area contributed by atoms with E-state index < -0.39 is 9.84 Å². The van der Waals surface area contributed by atoms with E-state index in [9.17, 15) is 8.42 Å². The first-order valence-electron chi connectivity index (χ1n) is 4.14. The Balaban J connectivity index is 2.93. The summed E-state index contributed by atoms with van der Waals surface area (Å²) in [5.41, 5.74) is 1.55. The number of hydrogen-bond acceptors (Lipinski definition) is 3. The van der Waals surface area contributed by atoms with Crippen LogP contribution in [-0.4, -0.2) is 24.1 Å². The summed E-state index contributed by atoms with van der Waals surface area (Å²) in [7, 11) is -3.26. The smallest absolute Gasteiger partial charge is 0.232 e. The summed E-state index contributed by atoms with van der Waals surface area (Å²) in [6, 6.07) is 5.48. The van der Waals surface area contributed by atoms with Crippen LogP contribution in [0.25, 0.3) is 5.52 Å². The molecule has 5 heteroatoms. The van der Waals surface area contributed by atoms with E-state index in [1.165, 1.54) is 0 Å². The molecule has 2 rings (SSSR count). The maximum Gasteiger partial charge on any atom is 0.232 e. The van der Waals surface area contributed by atoms with Crippen LogP contribution in [0.5, 0.6) is 0 Å². The van der Waals surface area contributed by atoms with Gasteiger partial charge in [0, 0.05) is 12.5 Å². The summed E-state index contributed by atoms with van der Waals surface area (Å²) in [6.45, 7) is 1.80. The van der Waals surface area contributed by atoms with Gasteiger partial charge in [-0.1, -0.05) is 6.07 Å². The highest BCUT2D eigenvalue weighted by Crippen LogP contribution is 2.15. The van der Waals surface area contributed by atoms with Crippen molar-refractivity contribution in [1.82, 2.24) is 9.38 Å². The van der Waals surface area contributed by atoms with Gasteiger partial charge in [0.1, 0.15) is 0 Å². The molecule has 0 fully saturated rings. The highest BCUT2D eigenvalue weighted by molar-refractivity contribution is 7.90. The van der Waals surface area contributed by atoms with E-state index in [1.54, 1.807) is 23.6 Å². The predicted molar refractivity (Wildman–Crippen MR) is 53.0 cm³/mol. The van der Waals surface area contributed by atoms with Crippen molar-refractivity contribution < 1.29 is 8.42 Å². The molecule has 74 valence electrons. The molecule has 2 aromatic heterocycles. The predicted octanol–water partition coefficient (Wildman–Crippen LogP) is 1.05. The van der Waals surface area contributed by atoms with Crippen LogP contribution in [0, 0.1) is 6.92 Å². The van der Waals surface area contributed by atoms with Gasteiger partial charge < -0.3 is 0 Å². The minimum Gasteiger partial charge on any atom is -0.290 e. The standard InChI is InChI=1S/C9H10N2O2S/c1-7-8-5-3-4-6-11(8)9(10-7)14(2,12)13/h3-6H,1-2H3. The molecule has 4 nitrogen and oxygen atoms in total. The highest BCUT2D eigenvalue weighted by atomic mass is 32.2. The number of fused-ring (bicyclic) bond motifs is 1. The van der Waals surface area contributed by atoms with E-state index in [1.807, 2.05) is 12.1 Å². The first-order valence-corrected chi connectivity index (χ1v) is 6.03. The lowest BCUT2D eigenvalue weighted by molar-refractivity contribution is 0.592. The van der Waals surface area contributed by atoms with Gasteiger partial charge in [0.05, 0.1) is 11.2 Å². The molecule has 0 saturated carbocycles. The van der Waals surface area contributed by atoms with E-state index in [-0.39, 0.29) is 5.16 Å². The minimum absolute atomic E-state index is 0.102. The van der Waals surface area contributed by atoms with Crippen molar-refractivity contribution in [3.05, 3.63) is 30.1 Å².